The van der Waals surface area contributed by atoms with Crippen LogP contribution in [0.5, 0.6) is 0 Å². The van der Waals surface area contributed by atoms with Gasteiger partial charge in [-0.1, -0.05) is 29.8 Å². The summed E-state index contributed by atoms with van der Waals surface area (Å²) in [5.74, 6) is -1.26. The minimum Gasteiger partial charge on any atom is -0.467 e. The molecule has 0 aromatic heterocycles. The molecule has 0 radical (unpaired) electrons. The van der Waals surface area contributed by atoms with Crippen molar-refractivity contribution in [1.29, 1.82) is 5.26 Å². The van der Waals surface area contributed by atoms with E-state index in [9.17, 15) is 14.0 Å². The number of nitrogens with one attached hydrogen (secondary N) is 1. The number of aryl methyl sites for hydroxylation is 1. The lowest BCUT2D eigenvalue weighted by molar-refractivity contribution is -0.146. The highest BCUT2D eigenvalue weighted by Gasteiger charge is 2.42. The molecule has 5 nitrogen and oxygen atoms in total. The number of nitrogens with zero attached hydrogens (tertiary/aromatic N) is 1. The fourth-order valence-electron chi connectivity index (χ4n) is 1.91. The first kappa shape index (κ1) is 19.0. The van der Waals surface area contributed by atoms with Crippen LogP contribution in [-0.4, -0.2) is 37.0 Å². The fourth-order valence-corrected chi connectivity index (χ4v) is 2.39. The summed E-state index contributed by atoms with van der Waals surface area (Å²) in [5.41, 5.74) is -2.06. The van der Waals surface area contributed by atoms with E-state index in [1.54, 1.807) is 12.1 Å². The largest absolute Gasteiger partial charge is 0.467 e. The van der Waals surface area contributed by atoms with Gasteiger partial charge in [-0.15, -0.1) is 0 Å². The number of methoxy groups -OCH3 is 1. The van der Waals surface area contributed by atoms with E-state index in [0.29, 0.717) is 5.75 Å². The van der Waals surface area contributed by atoms with Crippen LogP contribution in [0.2, 0.25) is 0 Å². The Morgan fingerprint density at radius 3 is 2.52 bits per heavy atom. The molecule has 0 aliphatic rings. The summed E-state index contributed by atoms with van der Waals surface area (Å²) in [4.78, 5) is 24.0. The molecule has 0 saturated carbocycles. The molecular weight excluding hydrogens is 319 g/mol. The van der Waals surface area contributed by atoms with E-state index in [2.05, 4.69) is 10.1 Å². The Balaban J connectivity index is 3.00. The first-order valence-corrected chi connectivity index (χ1v) is 8.33. The van der Waals surface area contributed by atoms with Crippen molar-refractivity contribution in [2.24, 2.45) is 0 Å². The van der Waals surface area contributed by atoms with Crippen molar-refractivity contribution in [3.05, 3.63) is 35.4 Å². The average molecular weight is 338 g/mol. The predicted molar refractivity (Wildman–Crippen MR) is 86.5 cm³/mol. The van der Waals surface area contributed by atoms with Crippen LogP contribution >= 0.6 is 11.8 Å². The van der Waals surface area contributed by atoms with E-state index in [1.807, 2.05) is 13.2 Å². The summed E-state index contributed by atoms with van der Waals surface area (Å²) < 4.78 is 19.5. The lowest BCUT2D eigenvalue weighted by Gasteiger charge is -2.22. The minimum atomic E-state index is -2.86. The van der Waals surface area contributed by atoms with Crippen LogP contribution < -0.4 is 5.32 Å². The molecule has 1 unspecified atom stereocenters. The second-order valence-electron chi connectivity index (χ2n) is 4.97. The van der Waals surface area contributed by atoms with E-state index in [0.717, 1.165) is 5.56 Å². The molecule has 2 atom stereocenters. The van der Waals surface area contributed by atoms with Crippen molar-refractivity contribution in [1.82, 2.24) is 5.32 Å². The molecule has 0 bridgehead atoms. The third-order valence-corrected chi connectivity index (χ3v) is 3.96. The zero-order valence-corrected chi connectivity index (χ0v) is 14.1. The van der Waals surface area contributed by atoms with Gasteiger partial charge in [-0.05, 0) is 25.4 Å². The van der Waals surface area contributed by atoms with Crippen molar-refractivity contribution in [3.8, 4) is 6.07 Å². The maximum Gasteiger partial charge on any atom is 0.328 e. The zero-order valence-electron chi connectivity index (χ0n) is 13.3. The van der Waals surface area contributed by atoms with Crippen LogP contribution in [0.25, 0.3) is 0 Å². The number of alkyl halides is 1. The smallest absolute Gasteiger partial charge is 0.328 e. The first-order valence-electron chi connectivity index (χ1n) is 6.94. The van der Waals surface area contributed by atoms with Crippen molar-refractivity contribution in [2.75, 3.05) is 19.1 Å². The molecule has 1 amide bonds. The van der Waals surface area contributed by atoms with Gasteiger partial charge in [-0.3, -0.25) is 4.79 Å². The number of carbonyl (C=O) groups excluding carboxylic acids is 2. The number of carbonyl (C=O) groups is 2. The molecule has 0 aliphatic heterocycles. The monoisotopic (exact) mass is 338 g/mol. The van der Waals surface area contributed by atoms with E-state index < -0.39 is 23.6 Å². The summed E-state index contributed by atoms with van der Waals surface area (Å²) in [6.07, 6.45) is 2.13. The Bertz CT molecular complexity index is 600. The van der Waals surface area contributed by atoms with Crippen LogP contribution in [-0.2, 0) is 20.0 Å². The number of rotatable bonds is 7. The number of nitriles is 1. The zero-order chi connectivity index (χ0) is 17.5. The minimum absolute atomic E-state index is 0.0726. The summed E-state index contributed by atoms with van der Waals surface area (Å²) in [6.45, 7) is 1.81. The van der Waals surface area contributed by atoms with Gasteiger partial charge in [0, 0.05) is 5.56 Å². The van der Waals surface area contributed by atoms with Gasteiger partial charge >= 0.3 is 5.97 Å². The van der Waals surface area contributed by atoms with Crippen molar-refractivity contribution in [3.63, 3.8) is 0 Å². The van der Waals surface area contributed by atoms with Gasteiger partial charge < -0.3 is 10.1 Å². The van der Waals surface area contributed by atoms with Crippen LogP contribution in [0.15, 0.2) is 24.3 Å². The van der Waals surface area contributed by atoms with Crippen molar-refractivity contribution < 1.29 is 18.7 Å². The number of amides is 1. The molecular formula is C16H19FN2O3S. The van der Waals surface area contributed by atoms with E-state index in [1.165, 1.54) is 37.1 Å². The van der Waals surface area contributed by atoms with Gasteiger partial charge in [0.2, 0.25) is 0 Å². The highest BCUT2D eigenvalue weighted by Crippen LogP contribution is 2.26. The summed E-state index contributed by atoms with van der Waals surface area (Å²) in [5, 5.41) is 11.4. The fraction of sp³-hybridized carbons (Fsp3) is 0.438. The summed E-state index contributed by atoms with van der Waals surface area (Å²) in [7, 11) is 1.19. The molecule has 0 saturated heterocycles. The molecule has 1 N–H and O–H groups in total. The topological polar surface area (TPSA) is 79.2 Å². The quantitative estimate of drug-likeness (QED) is 0.770. The first-order chi connectivity index (χ1) is 10.9. The Labute approximate surface area is 139 Å². The predicted octanol–water partition coefficient (Wildman–Crippen LogP) is 2.09. The Morgan fingerprint density at radius 1 is 1.43 bits per heavy atom. The van der Waals surface area contributed by atoms with Crippen LogP contribution in [0.3, 0.4) is 0 Å². The molecule has 0 fully saturated rings. The molecule has 0 spiro atoms. The highest BCUT2D eigenvalue weighted by atomic mass is 32.2. The normalized spacial score (nSPS) is 14.2. The van der Waals surface area contributed by atoms with Crippen LogP contribution in [0, 0.1) is 18.3 Å². The third-order valence-electron chi connectivity index (χ3n) is 3.32. The van der Waals surface area contributed by atoms with Gasteiger partial charge in [-0.2, -0.15) is 17.0 Å². The number of hydrogen-bond acceptors (Lipinski definition) is 5. The number of ether oxygens (including phenoxy) is 1. The summed E-state index contributed by atoms with van der Waals surface area (Å²) in [6, 6.07) is 6.39. The molecule has 7 heteroatoms. The van der Waals surface area contributed by atoms with Crippen LogP contribution in [0.4, 0.5) is 4.39 Å². The number of esters is 1. The van der Waals surface area contributed by atoms with E-state index >= 15 is 0 Å². The molecule has 1 rings (SSSR count). The Morgan fingerprint density at radius 2 is 2.04 bits per heavy atom. The van der Waals surface area contributed by atoms with E-state index in [-0.39, 0.29) is 12.0 Å². The second kappa shape index (κ2) is 8.53. The standard InChI is InChI=1S/C16H19FN2O3S/c1-11-4-6-12(7-5-11)16(17,10-18)15(21)19-13(8-9-23-3)14(20)22-2/h4-7,13H,8-9H2,1-3H3,(H,19,21)/t13-,16?/m0/s1. The average Bonchev–Trinajstić information content (AvgIpc) is 2.57. The number of halogens is 1. The molecule has 1 aromatic rings. The van der Waals surface area contributed by atoms with Gasteiger partial charge in [0.15, 0.2) is 0 Å². The maximum absolute atomic E-state index is 14.9. The molecule has 1 aromatic carbocycles. The molecule has 124 valence electrons. The maximum atomic E-state index is 14.9. The number of benzene rings is 1. The third kappa shape index (κ3) is 4.70. The van der Waals surface area contributed by atoms with Gasteiger partial charge in [0.05, 0.1) is 7.11 Å². The highest BCUT2D eigenvalue weighted by molar-refractivity contribution is 7.98. The Kier molecular flexibility index (Phi) is 7.04. The Hall–Kier alpha value is -2.07. The molecule has 0 heterocycles. The molecule has 23 heavy (non-hydrogen) atoms. The van der Waals surface area contributed by atoms with Crippen LogP contribution in [0.1, 0.15) is 17.5 Å². The lowest BCUT2D eigenvalue weighted by Crippen LogP contribution is -2.49. The van der Waals surface area contributed by atoms with E-state index in [4.69, 9.17) is 5.26 Å². The van der Waals surface area contributed by atoms with Gasteiger partial charge in [0.1, 0.15) is 12.1 Å². The second-order valence-corrected chi connectivity index (χ2v) is 5.95. The van der Waals surface area contributed by atoms with Gasteiger partial charge in [0.25, 0.3) is 11.6 Å². The number of thioether (sulfide) groups is 1. The summed E-state index contributed by atoms with van der Waals surface area (Å²) >= 11 is 1.48. The SMILES string of the molecule is COC(=O)[C@H](CCSC)NC(=O)C(F)(C#N)c1ccc(C)cc1. The van der Waals surface area contributed by atoms with Crippen molar-refractivity contribution in [2.45, 2.75) is 25.1 Å². The number of hydrogen-bond donors (Lipinski definition) is 1. The lowest BCUT2D eigenvalue weighted by atomic mass is 9.95. The molecule has 0 aliphatic carbocycles. The van der Waals surface area contributed by atoms with Gasteiger partial charge in [-0.25, -0.2) is 9.18 Å². The van der Waals surface area contributed by atoms with Crippen molar-refractivity contribution >= 4 is 23.6 Å².